The summed E-state index contributed by atoms with van der Waals surface area (Å²) in [7, 11) is 0. The zero-order chi connectivity index (χ0) is 27.0. The van der Waals surface area contributed by atoms with E-state index in [9.17, 15) is 18.0 Å². The van der Waals surface area contributed by atoms with Crippen molar-refractivity contribution in [2.45, 2.75) is 103 Å². The van der Waals surface area contributed by atoms with Gasteiger partial charge in [-0.15, -0.1) is 0 Å². The summed E-state index contributed by atoms with van der Waals surface area (Å²) in [6.45, 7) is 13.2. The van der Waals surface area contributed by atoms with E-state index < -0.39 is 17.8 Å². The van der Waals surface area contributed by atoms with Crippen LogP contribution in [0.15, 0.2) is 36.5 Å². The Morgan fingerprint density at radius 2 is 1.76 bits per heavy atom. The van der Waals surface area contributed by atoms with Gasteiger partial charge in [0.2, 0.25) is 5.91 Å². The number of benzene rings is 1. The number of carbonyl (C=O) groups is 1. The smallest absolute Gasteiger partial charge is 0.351 e. The predicted octanol–water partition coefficient (Wildman–Crippen LogP) is 6.17. The third-order valence-corrected chi connectivity index (χ3v) is 9.97. The summed E-state index contributed by atoms with van der Waals surface area (Å²) in [4.78, 5) is 13.6. The highest BCUT2D eigenvalue weighted by Gasteiger charge is 2.61. The molecule has 2 N–H and O–H groups in total. The van der Waals surface area contributed by atoms with Gasteiger partial charge in [0, 0.05) is 24.2 Å². The summed E-state index contributed by atoms with van der Waals surface area (Å²) >= 11 is 0. The number of halogens is 3. The number of hydrogen-bond acceptors (Lipinski definition) is 3. The fourth-order valence-corrected chi connectivity index (χ4v) is 7.08. The van der Waals surface area contributed by atoms with E-state index in [0.29, 0.717) is 12.3 Å². The summed E-state index contributed by atoms with van der Waals surface area (Å²) in [5.74, 6) is 0.459. The highest BCUT2D eigenvalue weighted by atomic mass is 19.4. The third-order valence-electron chi connectivity index (χ3n) is 9.97. The molecule has 2 bridgehead atoms. The van der Waals surface area contributed by atoms with Gasteiger partial charge >= 0.3 is 6.18 Å². The Bertz CT molecular complexity index is 1160. The van der Waals surface area contributed by atoms with Crippen LogP contribution in [0.2, 0.25) is 0 Å². The number of nitrogens with one attached hydrogen (secondary N) is 2. The molecule has 1 aromatic carbocycles. The normalized spacial score (nSPS) is 33.2. The molecule has 1 saturated heterocycles. The Balaban J connectivity index is 1.40. The molecule has 1 aliphatic heterocycles. The van der Waals surface area contributed by atoms with E-state index >= 15 is 0 Å². The molecule has 202 valence electrons. The fraction of sp³-hybridized carbons (Fsp3) is 0.655. The first-order valence-electron chi connectivity index (χ1n) is 13.4. The van der Waals surface area contributed by atoms with Gasteiger partial charge in [-0.05, 0) is 87.0 Å². The molecule has 5 rings (SSSR count). The van der Waals surface area contributed by atoms with Crippen molar-refractivity contribution in [3.8, 4) is 0 Å². The van der Waals surface area contributed by atoms with E-state index in [1.54, 1.807) is 0 Å². The van der Waals surface area contributed by atoms with Crippen molar-refractivity contribution in [1.82, 2.24) is 20.4 Å². The Labute approximate surface area is 217 Å². The summed E-state index contributed by atoms with van der Waals surface area (Å²) < 4.78 is 41.4. The standard InChI is InChI=1S/C29H39F3N4O/c1-26(2,3)36-14-12-21(35-36)20-16-22(33-24(20)17-7-9-18(10-8-17)29(30,31)32)25(37)34-23-15-19-11-13-28(23,6)27(19,4)5/h7-10,12,14,19-20,22-24,33H,11,13,15-16H2,1-6H3,(H,34,37)/t19?,20?,22-,23-,24-,28-/m0/s1. The maximum atomic E-state index is 13.6. The van der Waals surface area contributed by atoms with Crippen LogP contribution in [0.4, 0.5) is 13.2 Å². The van der Waals surface area contributed by atoms with Crippen molar-refractivity contribution < 1.29 is 18.0 Å². The quantitative estimate of drug-likeness (QED) is 0.511. The number of aromatic nitrogens is 2. The minimum Gasteiger partial charge on any atom is -0.351 e. The lowest BCUT2D eigenvalue weighted by Gasteiger charge is -2.39. The highest BCUT2D eigenvalue weighted by molar-refractivity contribution is 5.83. The van der Waals surface area contributed by atoms with E-state index in [1.807, 2.05) is 16.9 Å². The lowest BCUT2D eigenvalue weighted by molar-refractivity contribution is -0.137. The zero-order valence-electron chi connectivity index (χ0n) is 22.6. The molecule has 2 aromatic rings. The zero-order valence-corrected chi connectivity index (χ0v) is 22.6. The average Bonchev–Trinajstić information content (AvgIpc) is 3.54. The van der Waals surface area contributed by atoms with E-state index in [-0.39, 0.29) is 40.3 Å². The Morgan fingerprint density at radius 3 is 2.27 bits per heavy atom. The number of rotatable bonds is 4. The number of carbonyl (C=O) groups excluding carboxylic acids is 1. The van der Waals surface area contributed by atoms with Crippen LogP contribution in [0.25, 0.3) is 0 Å². The number of fused-ring (bicyclic) bond motifs is 2. The van der Waals surface area contributed by atoms with Gasteiger partial charge in [0.1, 0.15) is 0 Å². The van der Waals surface area contributed by atoms with Gasteiger partial charge in [-0.1, -0.05) is 32.9 Å². The molecule has 2 heterocycles. The van der Waals surface area contributed by atoms with Crippen molar-refractivity contribution in [1.29, 1.82) is 0 Å². The SMILES string of the molecule is CC(C)(C)n1ccc(C2C[C@@H](C(=O)N[C@H]3CC4CC[C@]3(C)C4(C)C)N[C@H]2c2ccc(C(F)(F)F)cc2)n1. The second-order valence-electron chi connectivity index (χ2n) is 13.2. The molecule has 37 heavy (non-hydrogen) atoms. The van der Waals surface area contributed by atoms with Gasteiger partial charge in [0.25, 0.3) is 0 Å². The van der Waals surface area contributed by atoms with Gasteiger partial charge in [-0.3, -0.25) is 14.8 Å². The number of amides is 1. The second-order valence-corrected chi connectivity index (χ2v) is 13.2. The fourth-order valence-electron chi connectivity index (χ4n) is 7.08. The van der Waals surface area contributed by atoms with Crippen LogP contribution in [-0.4, -0.2) is 27.8 Å². The van der Waals surface area contributed by atoms with Crippen LogP contribution in [0.1, 0.15) is 96.0 Å². The maximum Gasteiger partial charge on any atom is 0.416 e. The Hall–Kier alpha value is -2.35. The van der Waals surface area contributed by atoms with E-state index in [1.165, 1.54) is 18.6 Å². The van der Waals surface area contributed by atoms with Gasteiger partial charge in [0.05, 0.1) is 22.8 Å². The minimum atomic E-state index is -4.39. The molecule has 3 fully saturated rings. The molecule has 0 spiro atoms. The summed E-state index contributed by atoms with van der Waals surface area (Å²) in [6.07, 6.45) is 1.42. The van der Waals surface area contributed by atoms with Gasteiger partial charge in [0.15, 0.2) is 0 Å². The number of nitrogens with zero attached hydrogens (tertiary/aromatic N) is 2. The van der Waals surface area contributed by atoms with Crippen LogP contribution >= 0.6 is 0 Å². The first kappa shape index (κ1) is 26.3. The molecular weight excluding hydrogens is 477 g/mol. The lowest BCUT2D eigenvalue weighted by Crippen LogP contribution is -2.51. The van der Waals surface area contributed by atoms with Crippen LogP contribution in [-0.2, 0) is 16.5 Å². The van der Waals surface area contributed by atoms with Gasteiger partial charge in [-0.2, -0.15) is 18.3 Å². The largest absolute Gasteiger partial charge is 0.416 e. The van der Waals surface area contributed by atoms with Gasteiger partial charge in [-0.25, -0.2) is 0 Å². The second kappa shape index (κ2) is 8.58. The molecule has 0 radical (unpaired) electrons. The van der Waals surface area contributed by atoms with Crippen LogP contribution in [0, 0.1) is 16.7 Å². The Morgan fingerprint density at radius 1 is 1.08 bits per heavy atom. The van der Waals surface area contributed by atoms with Crippen molar-refractivity contribution in [3.05, 3.63) is 53.3 Å². The van der Waals surface area contributed by atoms with Crippen molar-refractivity contribution in [2.75, 3.05) is 0 Å². The first-order valence-corrected chi connectivity index (χ1v) is 13.4. The summed E-state index contributed by atoms with van der Waals surface area (Å²) in [5.41, 5.74) is 0.962. The van der Waals surface area contributed by atoms with Crippen molar-refractivity contribution in [2.24, 2.45) is 16.7 Å². The molecular formula is C29H39F3N4O. The molecule has 2 saturated carbocycles. The van der Waals surface area contributed by atoms with Crippen LogP contribution in [0.5, 0.6) is 0 Å². The number of hydrogen-bond donors (Lipinski definition) is 2. The number of alkyl halides is 3. The van der Waals surface area contributed by atoms with Crippen molar-refractivity contribution in [3.63, 3.8) is 0 Å². The van der Waals surface area contributed by atoms with E-state index in [0.717, 1.165) is 36.2 Å². The minimum absolute atomic E-state index is 0.0239. The molecule has 8 heteroatoms. The first-order chi connectivity index (χ1) is 17.1. The predicted molar refractivity (Wildman–Crippen MR) is 137 cm³/mol. The molecule has 6 atom stereocenters. The Kier molecular flexibility index (Phi) is 6.09. The molecule has 2 aliphatic carbocycles. The van der Waals surface area contributed by atoms with Crippen LogP contribution in [0.3, 0.4) is 0 Å². The molecule has 1 amide bonds. The monoisotopic (exact) mass is 516 g/mol. The summed E-state index contributed by atoms with van der Waals surface area (Å²) in [5, 5.41) is 11.7. The highest BCUT2D eigenvalue weighted by Crippen LogP contribution is 2.65. The van der Waals surface area contributed by atoms with E-state index in [4.69, 9.17) is 5.10 Å². The molecule has 3 aliphatic rings. The van der Waals surface area contributed by atoms with Gasteiger partial charge < -0.3 is 5.32 Å². The lowest BCUT2D eigenvalue weighted by atomic mass is 9.69. The van der Waals surface area contributed by atoms with E-state index in [2.05, 4.69) is 52.2 Å². The molecule has 5 nitrogen and oxygen atoms in total. The molecule has 1 aromatic heterocycles. The third kappa shape index (κ3) is 4.39. The van der Waals surface area contributed by atoms with Crippen LogP contribution < -0.4 is 10.6 Å². The summed E-state index contributed by atoms with van der Waals surface area (Å²) in [6, 6.07) is 6.63. The topological polar surface area (TPSA) is 59.0 Å². The molecule has 2 unspecified atom stereocenters. The average molecular weight is 517 g/mol. The van der Waals surface area contributed by atoms with Crippen molar-refractivity contribution >= 4 is 5.91 Å². The maximum absolute atomic E-state index is 13.6.